The highest BCUT2D eigenvalue weighted by atomic mass is 32.1. The summed E-state index contributed by atoms with van der Waals surface area (Å²) in [6.45, 7) is 6.46. The molecule has 0 aliphatic heterocycles. The van der Waals surface area contributed by atoms with Crippen molar-refractivity contribution >= 4 is 38.8 Å². The van der Waals surface area contributed by atoms with Gasteiger partial charge in [0.05, 0.1) is 21.6 Å². The molecule has 1 aromatic heterocycles. The first kappa shape index (κ1) is 16.5. The van der Waals surface area contributed by atoms with E-state index in [1.54, 1.807) is 23.5 Å². The van der Waals surface area contributed by atoms with Crippen molar-refractivity contribution in [2.24, 2.45) is 0 Å². The first-order valence-electron chi connectivity index (χ1n) is 7.86. The maximum atomic E-state index is 12.2. The molecule has 5 heteroatoms. The average molecular weight is 339 g/mol. The molecule has 3 aromatic rings. The standard InChI is InChI=1S/C19H21N3OS/c1-19(2,3)18-22-15-9-8-14(11-16(15)24-18)21-17(23)10-12-4-6-13(20)7-5-12/h4-9,11H,10,20H2,1-3H3,(H,21,23). The van der Waals surface area contributed by atoms with Crippen molar-refractivity contribution in [3.8, 4) is 0 Å². The van der Waals surface area contributed by atoms with E-state index < -0.39 is 0 Å². The highest BCUT2D eigenvalue weighted by molar-refractivity contribution is 7.18. The van der Waals surface area contributed by atoms with Crippen LogP contribution in [0.4, 0.5) is 11.4 Å². The van der Waals surface area contributed by atoms with Crippen LogP contribution in [-0.4, -0.2) is 10.9 Å². The normalized spacial score (nSPS) is 11.6. The molecule has 0 aliphatic carbocycles. The lowest BCUT2D eigenvalue weighted by Gasteiger charge is -2.13. The van der Waals surface area contributed by atoms with Gasteiger partial charge in [-0.1, -0.05) is 32.9 Å². The van der Waals surface area contributed by atoms with Gasteiger partial charge < -0.3 is 11.1 Å². The molecule has 3 N–H and O–H groups in total. The van der Waals surface area contributed by atoms with Gasteiger partial charge in [-0.05, 0) is 35.9 Å². The molecule has 0 unspecified atom stereocenters. The topological polar surface area (TPSA) is 68.0 Å². The molecule has 0 bridgehead atoms. The van der Waals surface area contributed by atoms with E-state index in [1.165, 1.54) is 0 Å². The zero-order chi connectivity index (χ0) is 17.3. The van der Waals surface area contributed by atoms with Gasteiger partial charge in [-0.2, -0.15) is 0 Å². The molecule has 0 saturated heterocycles. The van der Waals surface area contributed by atoms with Crippen LogP contribution in [0, 0.1) is 0 Å². The fourth-order valence-corrected chi connectivity index (χ4v) is 3.41. The third kappa shape index (κ3) is 3.74. The van der Waals surface area contributed by atoms with Crippen LogP contribution < -0.4 is 11.1 Å². The Hall–Kier alpha value is -2.40. The molecule has 3 rings (SSSR count). The van der Waals surface area contributed by atoms with Gasteiger partial charge in [0.2, 0.25) is 5.91 Å². The first-order chi connectivity index (χ1) is 11.3. The van der Waals surface area contributed by atoms with Gasteiger partial charge in [-0.3, -0.25) is 4.79 Å². The second-order valence-corrected chi connectivity index (χ2v) is 7.95. The molecule has 124 valence electrons. The summed E-state index contributed by atoms with van der Waals surface area (Å²) in [6.07, 6.45) is 0.328. The molecule has 2 aromatic carbocycles. The van der Waals surface area contributed by atoms with Crippen LogP contribution in [0.1, 0.15) is 31.3 Å². The summed E-state index contributed by atoms with van der Waals surface area (Å²) in [6, 6.07) is 13.2. The lowest BCUT2D eigenvalue weighted by molar-refractivity contribution is -0.115. The Balaban J connectivity index is 1.74. The van der Waals surface area contributed by atoms with E-state index in [4.69, 9.17) is 5.73 Å². The molecule has 0 spiro atoms. The Morgan fingerprint density at radius 2 is 1.88 bits per heavy atom. The second kappa shape index (κ2) is 6.24. The fourth-order valence-electron chi connectivity index (χ4n) is 2.35. The van der Waals surface area contributed by atoms with Gasteiger partial charge in [-0.25, -0.2) is 4.98 Å². The third-order valence-electron chi connectivity index (χ3n) is 3.66. The number of carbonyl (C=O) groups is 1. The van der Waals surface area contributed by atoms with E-state index in [-0.39, 0.29) is 11.3 Å². The number of nitrogens with two attached hydrogens (primary N) is 1. The lowest BCUT2D eigenvalue weighted by atomic mass is 9.98. The maximum absolute atomic E-state index is 12.2. The molecule has 0 aliphatic rings. The molecular formula is C19H21N3OS. The van der Waals surface area contributed by atoms with E-state index in [1.807, 2.05) is 30.3 Å². The van der Waals surface area contributed by atoms with Gasteiger partial charge in [0.25, 0.3) is 0 Å². The van der Waals surface area contributed by atoms with Gasteiger partial charge in [-0.15, -0.1) is 11.3 Å². The number of thiazole rings is 1. The van der Waals surface area contributed by atoms with Crippen LogP contribution >= 0.6 is 11.3 Å². The van der Waals surface area contributed by atoms with E-state index in [9.17, 15) is 4.79 Å². The fraction of sp³-hybridized carbons (Fsp3) is 0.263. The Morgan fingerprint density at radius 3 is 2.54 bits per heavy atom. The van der Waals surface area contributed by atoms with Crippen molar-refractivity contribution in [3.63, 3.8) is 0 Å². The summed E-state index contributed by atoms with van der Waals surface area (Å²) in [5, 5.41) is 4.05. The Morgan fingerprint density at radius 1 is 1.17 bits per heavy atom. The highest BCUT2D eigenvalue weighted by Gasteiger charge is 2.18. The van der Waals surface area contributed by atoms with E-state index in [0.717, 1.165) is 26.5 Å². The van der Waals surface area contributed by atoms with Gasteiger partial charge in [0.1, 0.15) is 0 Å². The van der Waals surface area contributed by atoms with Crippen molar-refractivity contribution in [2.45, 2.75) is 32.6 Å². The number of rotatable bonds is 3. The summed E-state index contributed by atoms with van der Waals surface area (Å²) in [4.78, 5) is 16.9. The monoisotopic (exact) mass is 339 g/mol. The van der Waals surface area contributed by atoms with Crippen molar-refractivity contribution in [3.05, 3.63) is 53.0 Å². The average Bonchev–Trinajstić information content (AvgIpc) is 2.93. The van der Waals surface area contributed by atoms with Crippen molar-refractivity contribution in [1.29, 1.82) is 0 Å². The molecule has 0 fully saturated rings. The number of amides is 1. The minimum Gasteiger partial charge on any atom is -0.399 e. The number of nitrogen functional groups attached to an aromatic ring is 1. The summed E-state index contributed by atoms with van der Waals surface area (Å²) in [5.74, 6) is -0.0420. The number of anilines is 2. The Bertz CT molecular complexity index is 876. The molecule has 24 heavy (non-hydrogen) atoms. The van der Waals surface area contributed by atoms with Gasteiger partial charge in [0.15, 0.2) is 0 Å². The van der Waals surface area contributed by atoms with E-state index in [2.05, 4.69) is 31.1 Å². The van der Waals surface area contributed by atoms with Crippen molar-refractivity contribution < 1.29 is 4.79 Å². The molecule has 0 atom stereocenters. The SMILES string of the molecule is CC(C)(C)c1nc2ccc(NC(=O)Cc3ccc(N)cc3)cc2s1. The summed E-state index contributed by atoms with van der Waals surface area (Å²) < 4.78 is 1.09. The molecule has 0 saturated carbocycles. The summed E-state index contributed by atoms with van der Waals surface area (Å²) >= 11 is 1.67. The molecule has 1 heterocycles. The second-order valence-electron chi connectivity index (χ2n) is 6.92. The van der Waals surface area contributed by atoms with Crippen molar-refractivity contribution in [2.75, 3.05) is 11.1 Å². The zero-order valence-electron chi connectivity index (χ0n) is 14.1. The Labute approximate surface area is 145 Å². The number of carbonyl (C=O) groups excluding carboxylic acids is 1. The minimum absolute atomic E-state index is 0.0300. The van der Waals surface area contributed by atoms with E-state index >= 15 is 0 Å². The maximum Gasteiger partial charge on any atom is 0.228 e. The number of hydrogen-bond donors (Lipinski definition) is 2. The number of hydrogen-bond acceptors (Lipinski definition) is 4. The molecular weight excluding hydrogens is 318 g/mol. The number of benzene rings is 2. The highest BCUT2D eigenvalue weighted by Crippen LogP contribution is 2.32. The number of aromatic nitrogens is 1. The molecule has 1 amide bonds. The third-order valence-corrected chi connectivity index (χ3v) is 5.10. The van der Waals surface area contributed by atoms with E-state index in [0.29, 0.717) is 12.1 Å². The van der Waals surface area contributed by atoms with Crippen LogP contribution in [0.25, 0.3) is 10.2 Å². The predicted molar refractivity (Wildman–Crippen MR) is 102 cm³/mol. The van der Waals surface area contributed by atoms with Crippen LogP contribution in [0.3, 0.4) is 0 Å². The number of nitrogens with zero attached hydrogens (tertiary/aromatic N) is 1. The van der Waals surface area contributed by atoms with Crippen LogP contribution in [0.5, 0.6) is 0 Å². The smallest absolute Gasteiger partial charge is 0.228 e. The van der Waals surface area contributed by atoms with Crippen LogP contribution in [0.2, 0.25) is 0 Å². The first-order valence-corrected chi connectivity index (χ1v) is 8.68. The molecule has 4 nitrogen and oxygen atoms in total. The minimum atomic E-state index is -0.0420. The van der Waals surface area contributed by atoms with Gasteiger partial charge in [0, 0.05) is 16.8 Å². The van der Waals surface area contributed by atoms with Gasteiger partial charge >= 0.3 is 0 Å². The predicted octanol–water partition coefficient (Wildman–Crippen LogP) is 4.36. The largest absolute Gasteiger partial charge is 0.399 e. The lowest BCUT2D eigenvalue weighted by Crippen LogP contribution is -2.14. The van der Waals surface area contributed by atoms with Crippen molar-refractivity contribution in [1.82, 2.24) is 4.98 Å². The van der Waals surface area contributed by atoms with Crippen LogP contribution in [-0.2, 0) is 16.6 Å². The zero-order valence-corrected chi connectivity index (χ0v) is 14.9. The summed E-state index contributed by atoms with van der Waals surface area (Å²) in [7, 11) is 0. The van der Waals surface area contributed by atoms with Crippen LogP contribution in [0.15, 0.2) is 42.5 Å². The Kier molecular flexibility index (Phi) is 4.28. The number of fused-ring (bicyclic) bond motifs is 1. The molecule has 0 radical (unpaired) electrons. The number of nitrogens with one attached hydrogen (secondary N) is 1. The summed E-state index contributed by atoms with van der Waals surface area (Å²) in [5.41, 5.74) is 9.10. The quantitative estimate of drug-likeness (QED) is 0.697.